The molecule has 2 aliphatic heterocycles. The van der Waals surface area contributed by atoms with Gasteiger partial charge in [-0.25, -0.2) is 18.0 Å². The number of carbonyl (C=O) groups excluding carboxylic acids is 2. The summed E-state index contributed by atoms with van der Waals surface area (Å²) >= 11 is 0. The number of esters is 1. The highest BCUT2D eigenvalue weighted by Gasteiger charge is 2.41. The molecule has 222 valence electrons. The maximum atomic E-state index is 13.5. The number of hydrogen-bond donors (Lipinski definition) is 1. The maximum absolute atomic E-state index is 13.5. The zero-order valence-electron chi connectivity index (χ0n) is 24.1. The summed E-state index contributed by atoms with van der Waals surface area (Å²) in [6.45, 7) is 7.26. The van der Waals surface area contributed by atoms with Crippen molar-refractivity contribution in [2.24, 2.45) is 0 Å². The van der Waals surface area contributed by atoms with Gasteiger partial charge in [-0.3, -0.25) is 9.80 Å². The molecule has 41 heavy (non-hydrogen) atoms. The van der Waals surface area contributed by atoms with Gasteiger partial charge in [0.15, 0.2) is 0 Å². The normalized spacial score (nSPS) is 20.5. The first kappa shape index (κ1) is 30.4. The van der Waals surface area contributed by atoms with Crippen LogP contribution in [0.4, 0.5) is 4.79 Å². The molecule has 2 aliphatic rings. The summed E-state index contributed by atoms with van der Waals surface area (Å²) in [5.41, 5.74) is 1.37. The second-order valence-corrected chi connectivity index (χ2v) is 11.7. The lowest BCUT2D eigenvalue weighted by molar-refractivity contribution is -0.139. The summed E-state index contributed by atoms with van der Waals surface area (Å²) in [5.74, 6) is 0.479. The van der Waals surface area contributed by atoms with Crippen molar-refractivity contribution in [2.45, 2.75) is 37.8 Å². The number of ether oxygens (including phenoxy) is 3. The second-order valence-electron chi connectivity index (χ2n) is 9.83. The molecular weight excluding hydrogens is 548 g/mol. The number of carbonyl (C=O) groups is 2. The highest BCUT2D eigenvalue weighted by molar-refractivity contribution is 7.89. The Kier molecular flexibility index (Phi) is 9.57. The van der Waals surface area contributed by atoms with Crippen molar-refractivity contribution in [1.82, 2.24) is 19.4 Å². The monoisotopic (exact) mass is 586 g/mol. The molecule has 12 heteroatoms. The fraction of sp³-hybridized carbons (Fsp3) is 0.448. The minimum Gasteiger partial charge on any atom is -0.497 e. The van der Waals surface area contributed by atoms with Crippen molar-refractivity contribution in [2.75, 3.05) is 53.6 Å². The number of amides is 2. The van der Waals surface area contributed by atoms with E-state index in [0.29, 0.717) is 48.0 Å². The standard InChI is InChI=1S/C29H38N4O7S/c1-6-32-24(19-31-15-16-33(20(3)18-31)41(36,37)22-11-9-8-10-12-22)26(28(34)40-7-2)27(30-29(32)35)23-17-21(38-4)13-14-25(23)39-5/h8-14,17,20,27H,6-7,15-16,18-19H2,1-5H3,(H,30,35). The average Bonchev–Trinajstić information content (AvgIpc) is 2.97. The third kappa shape index (κ3) is 6.19. The van der Waals surface area contributed by atoms with Crippen molar-refractivity contribution in [3.8, 4) is 11.5 Å². The highest BCUT2D eigenvalue weighted by Crippen LogP contribution is 2.38. The first-order valence-corrected chi connectivity index (χ1v) is 15.1. The maximum Gasteiger partial charge on any atom is 0.338 e. The van der Waals surface area contributed by atoms with Gasteiger partial charge in [-0.15, -0.1) is 0 Å². The van der Waals surface area contributed by atoms with Crippen LogP contribution in [0.15, 0.2) is 64.7 Å². The fourth-order valence-corrected chi connectivity index (χ4v) is 7.05. The molecular formula is C29H38N4O7S. The number of likely N-dealkylation sites (N-methyl/N-ethyl adjacent to an activating group) is 1. The number of nitrogens with one attached hydrogen (secondary N) is 1. The topological polar surface area (TPSA) is 118 Å². The Labute approximate surface area is 241 Å². The molecule has 1 N–H and O–H groups in total. The van der Waals surface area contributed by atoms with E-state index in [2.05, 4.69) is 10.2 Å². The summed E-state index contributed by atoms with van der Waals surface area (Å²) in [6, 6.07) is 12.0. The van der Waals surface area contributed by atoms with Gasteiger partial charge < -0.3 is 19.5 Å². The third-order valence-corrected chi connectivity index (χ3v) is 9.40. The molecule has 0 bridgehead atoms. The first-order valence-electron chi connectivity index (χ1n) is 13.7. The van der Waals surface area contributed by atoms with E-state index in [0.717, 1.165) is 0 Å². The summed E-state index contributed by atoms with van der Waals surface area (Å²) in [6.07, 6.45) is 0. The molecule has 4 rings (SSSR count). The molecule has 2 atom stereocenters. The largest absolute Gasteiger partial charge is 0.497 e. The van der Waals surface area contributed by atoms with E-state index in [4.69, 9.17) is 14.2 Å². The Balaban J connectivity index is 1.71. The van der Waals surface area contributed by atoms with Crippen molar-refractivity contribution in [3.05, 3.63) is 65.4 Å². The number of rotatable bonds is 10. The number of piperazine rings is 1. The van der Waals surface area contributed by atoms with Crippen LogP contribution in [0.5, 0.6) is 11.5 Å². The Hall–Kier alpha value is -3.61. The molecule has 0 aliphatic carbocycles. The van der Waals surface area contributed by atoms with Crippen LogP contribution in [-0.2, 0) is 19.6 Å². The van der Waals surface area contributed by atoms with Crippen LogP contribution in [0.3, 0.4) is 0 Å². The third-order valence-electron chi connectivity index (χ3n) is 7.37. The summed E-state index contributed by atoms with van der Waals surface area (Å²) in [4.78, 5) is 30.8. The zero-order valence-corrected chi connectivity index (χ0v) is 24.9. The van der Waals surface area contributed by atoms with E-state index < -0.39 is 22.0 Å². The molecule has 2 aromatic carbocycles. The molecule has 0 saturated carbocycles. The number of hydrogen-bond acceptors (Lipinski definition) is 8. The average molecular weight is 587 g/mol. The summed E-state index contributed by atoms with van der Waals surface area (Å²) < 4.78 is 44.6. The van der Waals surface area contributed by atoms with Gasteiger partial charge in [0.05, 0.1) is 37.3 Å². The number of methoxy groups -OCH3 is 2. The zero-order chi connectivity index (χ0) is 29.7. The number of benzene rings is 2. The van der Waals surface area contributed by atoms with Crippen LogP contribution in [0.2, 0.25) is 0 Å². The van der Waals surface area contributed by atoms with E-state index in [1.54, 1.807) is 55.5 Å². The molecule has 0 spiro atoms. The molecule has 11 nitrogen and oxygen atoms in total. The molecule has 1 saturated heterocycles. The van der Waals surface area contributed by atoms with E-state index in [-0.39, 0.29) is 36.7 Å². The van der Waals surface area contributed by atoms with Crippen molar-refractivity contribution >= 4 is 22.0 Å². The van der Waals surface area contributed by atoms with Gasteiger partial charge in [-0.2, -0.15) is 4.31 Å². The lowest BCUT2D eigenvalue weighted by Gasteiger charge is -2.42. The van der Waals surface area contributed by atoms with Gasteiger partial charge in [0.2, 0.25) is 10.0 Å². The molecule has 0 radical (unpaired) electrons. The van der Waals surface area contributed by atoms with Crippen LogP contribution >= 0.6 is 0 Å². The molecule has 0 aromatic heterocycles. The smallest absolute Gasteiger partial charge is 0.338 e. The molecule has 2 aromatic rings. The quantitative estimate of drug-likeness (QED) is 0.423. The Morgan fingerprint density at radius 2 is 1.78 bits per heavy atom. The molecule has 2 unspecified atom stereocenters. The van der Waals surface area contributed by atoms with E-state index in [1.165, 1.54) is 23.4 Å². The Morgan fingerprint density at radius 3 is 2.39 bits per heavy atom. The van der Waals surface area contributed by atoms with Crippen molar-refractivity contribution < 1.29 is 32.2 Å². The second kappa shape index (κ2) is 12.9. The summed E-state index contributed by atoms with van der Waals surface area (Å²) in [5, 5.41) is 2.96. The first-order chi connectivity index (χ1) is 19.7. The van der Waals surface area contributed by atoms with Gasteiger partial charge >= 0.3 is 12.0 Å². The molecule has 2 heterocycles. The Bertz CT molecular complexity index is 1400. The van der Waals surface area contributed by atoms with Crippen LogP contribution in [0.1, 0.15) is 32.4 Å². The van der Waals surface area contributed by atoms with Gasteiger partial charge in [0.25, 0.3) is 0 Å². The van der Waals surface area contributed by atoms with Gasteiger partial charge in [0, 0.05) is 50.0 Å². The van der Waals surface area contributed by atoms with Gasteiger partial charge in [-0.05, 0) is 51.1 Å². The lowest BCUT2D eigenvalue weighted by Crippen LogP contribution is -2.56. The van der Waals surface area contributed by atoms with Gasteiger partial charge in [0.1, 0.15) is 11.5 Å². The van der Waals surface area contributed by atoms with Crippen LogP contribution in [0, 0.1) is 0 Å². The van der Waals surface area contributed by atoms with Crippen LogP contribution in [0.25, 0.3) is 0 Å². The fourth-order valence-electron chi connectivity index (χ4n) is 5.41. The molecule has 2 amide bonds. The van der Waals surface area contributed by atoms with E-state index in [1.807, 2.05) is 13.8 Å². The minimum atomic E-state index is -3.66. The van der Waals surface area contributed by atoms with Crippen molar-refractivity contribution in [1.29, 1.82) is 0 Å². The van der Waals surface area contributed by atoms with Crippen molar-refractivity contribution in [3.63, 3.8) is 0 Å². The highest BCUT2D eigenvalue weighted by atomic mass is 32.2. The van der Waals surface area contributed by atoms with E-state index >= 15 is 0 Å². The number of sulfonamides is 1. The number of urea groups is 1. The predicted octanol–water partition coefficient (Wildman–Crippen LogP) is 3.00. The SMILES string of the molecule is CCOC(=O)C1=C(CN2CCN(S(=O)(=O)c3ccccc3)C(C)C2)N(CC)C(=O)NC1c1cc(OC)ccc1OC. The lowest BCUT2D eigenvalue weighted by atomic mass is 9.93. The molecule has 1 fully saturated rings. The van der Waals surface area contributed by atoms with Gasteiger partial charge in [-0.1, -0.05) is 18.2 Å². The van der Waals surface area contributed by atoms with Crippen LogP contribution in [-0.4, -0.2) is 94.1 Å². The Morgan fingerprint density at radius 1 is 1.05 bits per heavy atom. The predicted molar refractivity (Wildman–Crippen MR) is 153 cm³/mol. The number of nitrogens with zero attached hydrogens (tertiary/aromatic N) is 3. The van der Waals surface area contributed by atoms with E-state index in [9.17, 15) is 18.0 Å². The minimum absolute atomic E-state index is 0.157. The van der Waals surface area contributed by atoms with Crippen LogP contribution < -0.4 is 14.8 Å². The summed E-state index contributed by atoms with van der Waals surface area (Å²) in [7, 11) is -0.603.